The van der Waals surface area contributed by atoms with Crippen molar-refractivity contribution in [1.82, 2.24) is 4.72 Å². The first kappa shape index (κ1) is 15.9. The van der Waals surface area contributed by atoms with Gasteiger partial charge in [-0.1, -0.05) is 6.92 Å². The van der Waals surface area contributed by atoms with Crippen LogP contribution in [0, 0.1) is 0 Å². The molecule has 0 unspecified atom stereocenters. The van der Waals surface area contributed by atoms with Crippen LogP contribution in [0.1, 0.15) is 18.9 Å². The van der Waals surface area contributed by atoms with Crippen molar-refractivity contribution < 1.29 is 17.9 Å². The van der Waals surface area contributed by atoms with Gasteiger partial charge in [0.15, 0.2) is 0 Å². The number of fused-ring (bicyclic) bond motifs is 1. The van der Waals surface area contributed by atoms with E-state index >= 15 is 0 Å². The number of hydrogen-bond acceptors (Lipinski definition) is 4. The highest BCUT2D eigenvalue weighted by molar-refractivity contribution is 7.89. The molecule has 1 heterocycles. The molecule has 1 aliphatic rings. The van der Waals surface area contributed by atoms with Crippen LogP contribution in [0.5, 0.6) is 0 Å². The summed E-state index contributed by atoms with van der Waals surface area (Å²) in [6.07, 6.45) is 1.13. The van der Waals surface area contributed by atoms with Crippen molar-refractivity contribution in [2.75, 3.05) is 31.7 Å². The third-order valence-electron chi connectivity index (χ3n) is 3.46. The summed E-state index contributed by atoms with van der Waals surface area (Å²) >= 11 is 0. The predicted octanol–water partition coefficient (Wildman–Crippen LogP) is 0.910. The first-order chi connectivity index (χ1) is 9.99. The number of methoxy groups -OCH3 is 1. The van der Waals surface area contributed by atoms with E-state index < -0.39 is 10.0 Å². The molecule has 0 radical (unpaired) electrons. The van der Waals surface area contributed by atoms with Crippen molar-refractivity contribution >= 4 is 21.6 Å². The van der Waals surface area contributed by atoms with E-state index in [-0.39, 0.29) is 17.3 Å². The van der Waals surface area contributed by atoms with Crippen molar-refractivity contribution in [2.24, 2.45) is 0 Å². The summed E-state index contributed by atoms with van der Waals surface area (Å²) in [4.78, 5) is 13.8. The quantitative estimate of drug-likeness (QED) is 0.792. The average Bonchev–Trinajstić information content (AvgIpc) is 2.89. The number of amides is 1. The molecule has 1 amide bonds. The number of nitrogens with one attached hydrogen (secondary N) is 1. The Balaban J connectivity index is 2.21. The summed E-state index contributed by atoms with van der Waals surface area (Å²) in [6.45, 7) is 2.99. The normalized spacial score (nSPS) is 14.3. The van der Waals surface area contributed by atoms with Gasteiger partial charge in [0.05, 0.1) is 11.5 Å². The summed E-state index contributed by atoms with van der Waals surface area (Å²) in [5, 5.41) is 0. The van der Waals surface area contributed by atoms with Gasteiger partial charge in [-0.05, 0) is 30.2 Å². The topological polar surface area (TPSA) is 75.7 Å². The monoisotopic (exact) mass is 312 g/mol. The van der Waals surface area contributed by atoms with Gasteiger partial charge in [0.25, 0.3) is 0 Å². The molecule has 0 fully saturated rings. The zero-order chi connectivity index (χ0) is 15.5. The van der Waals surface area contributed by atoms with E-state index in [4.69, 9.17) is 4.74 Å². The number of benzene rings is 1. The summed E-state index contributed by atoms with van der Waals surface area (Å²) in [7, 11) is -2.01. The fourth-order valence-corrected chi connectivity index (χ4v) is 3.42. The Morgan fingerprint density at radius 2 is 2.19 bits per heavy atom. The number of carbonyl (C=O) groups is 1. The lowest BCUT2D eigenvalue weighted by molar-refractivity contribution is -0.118. The molecule has 1 N–H and O–H groups in total. The lowest BCUT2D eigenvalue weighted by Crippen LogP contribution is -2.28. The summed E-state index contributed by atoms with van der Waals surface area (Å²) in [6, 6.07) is 4.89. The third-order valence-corrected chi connectivity index (χ3v) is 4.92. The van der Waals surface area contributed by atoms with Crippen molar-refractivity contribution in [3.05, 3.63) is 23.8 Å². The summed E-state index contributed by atoms with van der Waals surface area (Å²) in [5.74, 6) is 0.0579. The molecule has 0 aliphatic carbocycles. The molecule has 1 aromatic rings. The fraction of sp³-hybridized carbons (Fsp3) is 0.500. The van der Waals surface area contributed by atoms with Crippen molar-refractivity contribution in [3.8, 4) is 0 Å². The molecular formula is C14H20N2O4S. The molecule has 0 spiro atoms. The van der Waals surface area contributed by atoms with Crippen LogP contribution in [0.15, 0.2) is 23.1 Å². The number of nitrogens with zero attached hydrogens (tertiary/aromatic N) is 1. The highest BCUT2D eigenvalue weighted by atomic mass is 32.2. The van der Waals surface area contributed by atoms with E-state index in [0.717, 1.165) is 11.3 Å². The van der Waals surface area contributed by atoms with Crippen LogP contribution >= 0.6 is 0 Å². The fourth-order valence-electron chi connectivity index (χ4n) is 2.36. The highest BCUT2D eigenvalue weighted by Gasteiger charge is 2.25. The second kappa shape index (κ2) is 6.55. The summed E-state index contributed by atoms with van der Waals surface area (Å²) < 4.78 is 31.6. The molecule has 0 saturated heterocycles. The molecule has 7 heteroatoms. The molecule has 6 nitrogen and oxygen atoms in total. The van der Waals surface area contributed by atoms with Crippen LogP contribution in [0.2, 0.25) is 0 Å². The Kier molecular flexibility index (Phi) is 4.97. The summed E-state index contributed by atoms with van der Waals surface area (Å²) in [5.41, 5.74) is 1.71. The maximum atomic E-state index is 12.1. The minimum atomic E-state index is -3.53. The van der Waals surface area contributed by atoms with Crippen molar-refractivity contribution in [2.45, 2.75) is 24.7 Å². The van der Waals surface area contributed by atoms with E-state index in [2.05, 4.69) is 4.72 Å². The van der Waals surface area contributed by atoms with E-state index in [9.17, 15) is 13.2 Å². The van der Waals surface area contributed by atoms with Crippen LogP contribution in [0.3, 0.4) is 0 Å². The molecule has 0 saturated carbocycles. The Hall–Kier alpha value is -1.44. The number of rotatable bonds is 6. The molecule has 1 aromatic carbocycles. The van der Waals surface area contributed by atoms with Crippen molar-refractivity contribution in [3.63, 3.8) is 0 Å². The number of sulfonamides is 1. The van der Waals surface area contributed by atoms with E-state index in [1.165, 1.54) is 13.2 Å². The smallest absolute Gasteiger partial charge is 0.240 e. The van der Waals surface area contributed by atoms with Gasteiger partial charge in [0, 0.05) is 32.3 Å². The van der Waals surface area contributed by atoms with Gasteiger partial charge in [-0.2, -0.15) is 0 Å². The van der Waals surface area contributed by atoms with Gasteiger partial charge in [0.1, 0.15) is 0 Å². The molecule has 2 rings (SSSR count). The number of hydrogen-bond donors (Lipinski definition) is 1. The molecule has 116 valence electrons. The molecule has 0 bridgehead atoms. The first-order valence-electron chi connectivity index (χ1n) is 6.91. The van der Waals surface area contributed by atoms with Crippen LogP contribution in [-0.2, 0) is 26.0 Å². The standard InChI is InChI=1S/C14H20N2O4S/c1-3-14(17)16-8-6-11-10-12(4-5-13(11)16)21(18,19)15-7-9-20-2/h4-5,10,15H,3,6-9H2,1-2H3. The minimum Gasteiger partial charge on any atom is -0.383 e. The van der Waals surface area contributed by atoms with Crippen LogP contribution < -0.4 is 9.62 Å². The van der Waals surface area contributed by atoms with Crippen LogP contribution in [0.4, 0.5) is 5.69 Å². The zero-order valence-corrected chi connectivity index (χ0v) is 13.1. The minimum absolute atomic E-state index is 0.0579. The first-order valence-corrected chi connectivity index (χ1v) is 8.40. The van der Waals surface area contributed by atoms with Crippen LogP contribution in [0.25, 0.3) is 0 Å². The van der Waals surface area contributed by atoms with Gasteiger partial charge < -0.3 is 9.64 Å². The van der Waals surface area contributed by atoms with Gasteiger partial charge in [0.2, 0.25) is 15.9 Å². The Bertz CT molecular complexity index is 628. The average molecular weight is 312 g/mol. The van der Waals surface area contributed by atoms with E-state index in [1.807, 2.05) is 6.92 Å². The van der Waals surface area contributed by atoms with Crippen molar-refractivity contribution in [1.29, 1.82) is 0 Å². The lowest BCUT2D eigenvalue weighted by atomic mass is 10.2. The molecular weight excluding hydrogens is 292 g/mol. The van der Waals surface area contributed by atoms with Crippen LogP contribution in [-0.4, -0.2) is 41.1 Å². The second-order valence-corrected chi connectivity index (χ2v) is 6.60. The maximum Gasteiger partial charge on any atom is 0.240 e. The predicted molar refractivity (Wildman–Crippen MR) is 79.9 cm³/mol. The number of ether oxygens (including phenoxy) is 1. The second-order valence-electron chi connectivity index (χ2n) is 4.83. The van der Waals surface area contributed by atoms with Gasteiger partial charge in [-0.25, -0.2) is 13.1 Å². The highest BCUT2D eigenvalue weighted by Crippen LogP contribution is 2.30. The number of anilines is 1. The van der Waals surface area contributed by atoms with E-state index in [0.29, 0.717) is 26.0 Å². The van der Waals surface area contributed by atoms with E-state index in [1.54, 1.807) is 17.0 Å². The van der Waals surface area contributed by atoms with Gasteiger partial charge >= 0.3 is 0 Å². The Morgan fingerprint density at radius 1 is 1.43 bits per heavy atom. The molecule has 0 aromatic heterocycles. The zero-order valence-electron chi connectivity index (χ0n) is 12.3. The Labute approximate surface area is 125 Å². The van der Waals surface area contributed by atoms with Gasteiger partial charge in [-0.3, -0.25) is 4.79 Å². The molecule has 0 atom stereocenters. The maximum absolute atomic E-state index is 12.1. The van der Waals surface area contributed by atoms with Gasteiger partial charge in [-0.15, -0.1) is 0 Å². The SMILES string of the molecule is CCC(=O)N1CCc2cc(S(=O)(=O)NCCOC)ccc21. The third kappa shape index (κ3) is 3.42. The Morgan fingerprint density at radius 3 is 2.86 bits per heavy atom. The lowest BCUT2D eigenvalue weighted by Gasteiger charge is -2.16. The molecule has 21 heavy (non-hydrogen) atoms. The largest absolute Gasteiger partial charge is 0.383 e. The number of carbonyl (C=O) groups excluding carboxylic acids is 1. The molecule has 1 aliphatic heterocycles.